The van der Waals surface area contributed by atoms with Crippen LogP contribution in [0.1, 0.15) is 18.9 Å². The van der Waals surface area contributed by atoms with Gasteiger partial charge in [-0.05, 0) is 24.3 Å². The molecule has 0 bridgehead atoms. The van der Waals surface area contributed by atoms with Gasteiger partial charge in [0.2, 0.25) is 0 Å². The van der Waals surface area contributed by atoms with Crippen molar-refractivity contribution in [2.75, 3.05) is 18.1 Å². The fraction of sp³-hybridized carbons (Fsp3) is 0.235. The number of benzene rings is 1. The monoisotopic (exact) mass is 325 g/mol. The van der Waals surface area contributed by atoms with Gasteiger partial charge in [-0.15, -0.1) is 0 Å². The zero-order chi connectivity index (χ0) is 16.1. The van der Waals surface area contributed by atoms with E-state index >= 15 is 0 Å². The summed E-state index contributed by atoms with van der Waals surface area (Å²) >= 11 is 1.53. The predicted molar refractivity (Wildman–Crippen MR) is 97.6 cm³/mol. The summed E-state index contributed by atoms with van der Waals surface area (Å²) < 4.78 is 1.79. The molecule has 0 aliphatic rings. The smallest absolute Gasteiger partial charge is 0.191 e. The molecular weight excluding hydrogens is 306 g/mol. The summed E-state index contributed by atoms with van der Waals surface area (Å²) in [7, 11) is 0. The third-order valence-electron chi connectivity index (χ3n) is 3.37. The van der Waals surface area contributed by atoms with E-state index in [0.717, 1.165) is 40.5 Å². The van der Waals surface area contributed by atoms with Gasteiger partial charge in [0.05, 0.1) is 11.6 Å². The molecule has 0 radical (unpaired) electrons. The summed E-state index contributed by atoms with van der Waals surface area (Å²) in [4.78, 5) is 9.15. The standard InChI is InChI=1S/C17H19N5S/c1-3-10-18-15-14-12-19-22(16(14)21-17(20-15)23-2)11-9-13-7-5-4-6-8-13/h4-9,11-12H,3,10H2,1-2H3,(H,18,20,21)/b11-9-. The summed E-state index contributed by atoms with van der Waals surface area (Å²) in [5.74, 6) is 0.848. The number of hydrogen-bond donors (Lipinski definition) is 1. The maximum atomic E-state index is 4.60. The molecule has 0 aliphatic heterocycles. The lowest BCUT2D eigenvalue weighted by molar-refractivity contribution is 0.911. The molecule has 6 heteroatoms. The number of thioether (sulfide) groups is 1. The molecule has 3 rings (SSSR count). The van der Waals surface area contributed by atoms with Gasteiger partial charge in [-0.2, -0.15) is 5.10 Å². The van der Waals surface area contributed by atoms with E-state index < -0.39 is 0 Å². The van der Waals surface area contributed by atoms with Crippen LogP contribution in [0.4, 0.5) is 5.82 Å². The van der Waals surface area contributed by atoms with Crippen LogP contribution in [-0.2, 0) is 0 Å². The van der Waals surface area contributed by atoms with Gasteiger partial charge in [-0.25, -0.2) is 14.6 Å². The molecule has 0 aliphatic carbocycles. The van der Waals surface area contributed by atoms with Crippen molar-refractivity contribution in [3.05, 3.63) is 42.1 Å². The van der Waals surface area contributed by atoms with Gasteiger partial charge >= 0.3 is 0 Å². The van der Waals surface area contributed by atoms with Crippen molar-refractivity contribution < 1.29 is 0 Å². The van der Waals surface area contributed by atoms with Crippen LogP contribution < -0.4 is 5.32 Å². The number of nitrogens with one attached hydrogen (secondary N) is 1. The molecule has 23 heavy (non-hydrogen) atoms. The number of anilines is 1. The summed E-state index contributed by atoms with van der Waals surface area (Å²) in [6.07, 6.45) is 8.78. The minimum absolute atomic E-state index is 0.742. The lowest BCUT2D eigenvalue weighted by atomic mass is 10.2. The van der Waals surface area contributed by atoms with Crippen molar-refractivity contribution in [3.63, 3.8) is 0 Å². The van der Waals surface area contributed by atoms with E-state index in [0.29, 0.717) is 0 Å². The predicted octanol–water partition coefficient (Wildman–Crippen LogP) is 4.00. The topological polar surface area (TPSA) is 55.6 Å². The molecule has 5 nitrogen and oxygen atoms in total. The van der Waals surface area contributed by atoms with E-state index in [-0.39, 0.29) is 0 Å². The Kier molecular flexibility index (Phi) is 4.92. The van der Waals surface area contributed by atoms with Crippen LogP contribution >= 0.6 is 11.8 Å². The van der Waals surface area contributed by atoms with Crippen LogP contribution in [0.2, 0.25) is 0 Å². The zero-order valence-electron chi connectivity index (χ0n) is 13.2. The third-order valence-corrected chi connectivity index (χ3v) is 3.91. The van der Waals surface area contributed by atoms with Crippen molar-refractivity contribution >= 4 is 40.9 Å². The quantitative estimate of drug-likeness (QED) is 0.548. The number of rotatable bonds is 6. The molecule has 2 aromatic heterocycles. The third kappa shape index (κ3) is 3.53. The molecule has 0 saturated heterocycles. The highest BCUT2D eigenvalue weighted by molar-refractivity contribution is 7.98. The van der Waals surface area contributed by atoms with Crippen LogP contribution in [0, 0.1) is 0 Å². The molecule has 1 aromatic carbocycles. The van der Waals surface area contributed by atoms with E-state index in [4.69, 9.17) is 0 Å². The average Bonchev–Trinajstić information content (AvgIpc) is 3.01. The lowest BCUT2D eigenvalue weighted by Gasteiger charge is -2.06. The van der Waals surface area contributed by atoms with E-state index in [1.807, 2.05) is 42.9 Å². The molecule has 0 spiro atoms. The first kappa shape index (κ1) is 15.6. The molecule has 1 N–H and O–H groups in total. The van der Waals surface area contributed by atoms with Gasteiger partial charge in [0.15, 0.2) is 10.8 Å². The van der Waals surface area contributed by atoms with Crippen molar-refractivity contribution in [3.8, 4) is 0 Å². The number of hydrogen-bond acceptors (Lipinski definition) is 5. The van der Waals surface area contributed by atoms with Gasteiger partial charge in [-0.1, -0.05) is 49.0 Å². The van der Waals surface area contributed by atoms with E-state index in [9.17, 15) is 0 Å². The van der Waals surface area contributed by atoms with Gasteiger partial charge in [0.1, 0.15) is 5.82 Å². The Bertz CT molecular complexity index is 810. The fourth-order valence-corrected chi connectivity index (χ4v) is 2.57. The second-order valence-corrected chi connectivity index (χ2v) is 5.81. The molecule has 0 fully saturated rings. The van der Waals surface area contributed by atoms with Crippen LogP contribution in [0.15, 0.2) is 41.7 Å². The fourth-order valence-electron chi connectivity index (χ4n) is 2.21. The average molecular weight is 325 g/mol. The normalized spacial score (nSPS) is 11.4. The first-order valence-corrected chi connectivity index (χ1v) is 8.80. The van der Waals surface area contributed by atoms with Gasteiger partial charge < -0.3 is 5.32 Å². The molecule has 3 aromatic rings. The minimum atomic E-state index is 0.742. The minimum Gasteiger partial charge on any atom is -0.369 e. The Hall–Kier alpha value is -2.34. The first-order chi connectivity index (χ1) is 11.3. The highest BCUT2D eigenvalue weighted by atomic mass is 32.2. The lowest BCUT2D eigenvalue weighted by Crippen LogP contribution is -2.04. The zero-order valence-corrected chi connectivity index (χ0v) is 14.0. The van der Waals surface area contributed by atoms with Gasteiger partial charge in [-0.3, -0.25) is 0 Å². The summed E-state index contributed by atoms with van der Waals surface area (Å²) in [5.41, 5.74) is 1.94. The van der Waals surface area contributed by atoms with E-state index in [1.54, 1.807) is 4.68 Å². The summed E-state index contributed by atoms with van der Waals surface area (Å²) in [5, 5.41) is 9.47. The number of fused-ring (bicyclic) bond motifs is 1. The Labute approximate surface area is 139 Å². The first-order valence-electron chi connectivity index (χ1n) is 7.58. The molecule has 0 unspecified atom stereocenters. The summed E-state index contributed by atoms with van der Waals surface area (Å²) in [6, 6.07) is 10.1. The van der Waals surface area contributed by atoms with Gasteiger partial charge in [0.25, 0.3) is 0 Å². The molecular formula is C17H19N5S. The maximum absolute atomic E-state index is 4.60. The van der Waals surface area contributed by atoms with Crippen molar-refractivity contribution in [1.82, 2.24) is 19.7 Å². The molecule has 2 heterocycles. The van der Waals surface area contributed by atoms with Crippen LogP contribution in [0.25, 0.3) is 23.3 Å². The second kappa shape index (κ2) is 7.28. The highest BCUT2D eigenvalue weighted by Crippen LogP contribution is 2.23. The second-order valence-electron chi connectivity index (χ2n) is 5.04. The molecule has 0 atom stereocenters. The SMILES string of the molecule is CCCNc1nc(SC)nc2c1cnn2/C=C\c1ccccc1. The van der Waals surface area contributed by atoms with Crippen molar-refractivity contribution in [2.45, 2.75) is 18.5 Å². The Morgan fingerprint density at radius 3 is 2.78 bits per heavy atom. The molecule has 0 saturated carbocycles. The molecule has 0 amide bonds. The Morgan fingerprint density at radius 2 is 2.04 bits per heavy atom. The van der Waals surface area contributed by atoms with Gasteiger partial charge in [0, 0.05) is 12.7 Å². The maximum Gasteiger partial charge on any atom is 0.191 e. The Balaban J connectivity index is 2.00. The number of nitrogens with zero attached hydrogens (tertiary/aromatic N) is 4. The van der Waals surface area contributed by atoms with Crippen LogP contribution in [0.3, 0.4) is 0 Å². The van der Waals surface area contributed by atoms with Crippen LogP contribution in [-0.4, -0.2) is 32.5 Å². The van der Waals surface area contributed by atoms with E-state index in [2.05, 4.69) is 39.4 Å². The number of aromatic nitrogens is 4. The van der Waals surface area contributed by atoms with Crippen LogP contribution in [0.5, 0.6) is 0 Å². The largest absolute Gasteiger partial charge is 0.369 e. The summed E-state index contributed by atoms with van der Waals surface area (Å²) in [6.45, 7) is 3.01. The van der Waals surface area contributed by atoms with E-state index in [1.165, 1.54) is 11.8 Å². The Morgan fingerprint density at radius 1 is 1.22 bits per heavy atom. The van der Waals surface area contributed by atoms with Crippen molar-refractivity contribution in [2.24, 2.45) is 0 Å². The van der Waals surface area contributed by atoms with Crippen molar-refractivity contribution in [1.29, 1.82) is 0 Å². The molecule has 118 valence electrons. The highest BCUT2D eigenvalue weighted by Gasteiger charge is 2.11.